The van der Waals surface area contributed by atoms with Crippen molar-refractivity contribution < 1.29 is 14.0 Å². The Morgan fingerprint density at radius 3 is 2.43 bits per heavy atom. The molecule has 0 radical (unpaired) electrons. The number of hydrogen-bond donors (Lipinski definition) is 2. The van der Waals surface area contributed by atoms with Crippen molar-refractivity contribution in [1.82, 2.24) is 10.6 Å². The molecule has 5 nitrogen and oxygen atoms in total. The van der Waals surface area contributed by atoms with Crippen LogP contribution in [0.15, 0.2) is 52.8 Å². The third-order valence-electron chi connectivity index (χ3n) is 2.85. The predicted molar refractivity (Wildman–Crippen MR) is 88.9 cm³/mol. The third kappa shape index (κ3) is 5.00. The number of furan rings is 1. The molecule has 2 amide bonds. The van der Waals surface area contributed by atoms with Crippen LogP contribution in [0.4, 0.5) is 0 Å². The fourth-order valence-corrected chi connectivity index (χ4v) is 1.94. The van der Waals surface area contributed by atoms with Crippen LogP contribution in [0.5, 0.6) is 0 Å². The molecular weight excluding hydrogens is 316 g/mol. The van der Waals surface area contributed by atoms with Crippen LogP contribution < -0.4 is 10.6 Å². The molecule has 0 spiro atoms. The number of hydrogen-bond acceptors (Lipinski definition) is 3. The number of carbonyl (C=O) groups is 2. The van der Waals surface area contributed by atoms with Crippen molar-refractivity contribution in [3.63, 3.8) is 0 Å². The second kappa shape index (κ2) is 7.65. The van der Waals surface area contributed by atoms with E-state index in [9.17, 15) is 9.59 Å². The molecule has 0 aliphatic heterocycles. The number of amides is 2. The summed E-state index contributed by atoms with van der Waals surface area (Å²) in [5.74, 6) is -0.326. The number of rotatable bonds is 5. The highest BCUT2D eigenvalue weighted by Crippen LogP contribution is 2.11. The Balaban J connectivity index is 2.21. The van der Waals surface area contributed by atoms with Gasteiger partial charge in [-0.15, -0.1) is 0 Å². The van der Waals surface area contributed by atoms with Gasteiger partial charge in [0, 0.05) is 22.7 Å². The van der Waals surface area contributed by atoms with Gasteiger partial charge in [0.15, 0.2) is 0 Å². The van der Waals surface area contributed by atoms with E-state index in [0.717, 1.165) is 0 Å². The van der Waals surface area contributed by atoms with Crippen LogP contribution in [0.1, 0.15) is 30.0 Å². The molecule has 1 aromatic heterocycles. The molecule has 0 saturated carbocycles. The average Bonchev–Trinajstić information content (AvgIpc) is 2.99. The van der Waals surface area contributed by atoms with Gasteiger partial charge in [-0.1, -0.05) is 11.6 Å². The first-order chi connectivity index (χ1) is 11.0. The molecule has 2 rings (SSSR count). The molecule has 1 aromatic carbocycles. The molecule has 1 heterocycles. The van der Waals surface area contributed by atoms with Crippen molar-refractivity contribution in [3.8, 4) is 0 Å². The van der Waals surface area contributed by atoms with Gasteiger partial charge in [-0.05, 0) is 50.2 Å². The standard InChI is InChI=1S/C17H17ClN2O3/c1-11(2)19-17(22)15(10-14-4-3-9-23-14)20-16(21)12-5-7-13(18)8-6-12/h3-11H,1-2H3,(H,19,22)(H,20,21)/b15-10-. The van der Waals surface area contributed by atoms with E-state index in [2.05, 4.69) is 10.6 Å². The van der Waals surface area contributed by atoms with Crippen LogP contribution in [-0.2, 0) is 4.79 Å². The Bertz CT molecular complexity index is 704. The molecule has 0 atom stereocenters. The van der Waals surface area contributed by atoms with Gasteiger partial charge in [-0.2, -0.15) is 0 Å². The van der Waals surface area contributed by atoms with Gasteiger partial charge in [0.2, 0.25) is 0 Å². The zero-order chi connectivity index (χ0) is 16.8. The zero-order valence-electron chi connectivity index (χ0n) is 12.8. The van der Waals surface area contributed by atoms with Crippen LogP contribution in [-0.4, -0.2) is 17.9 Å². The first-order valence-corrected chi connectivity index (χ1v) is 7.46. The Morgan fingerprint density at radius 2 is 1.87 bits per heavy atom. The molecule has 0 fully saturated rings. The van der Waals surface area contributed by atoms with Crippen LogP contribution in [0.25, 0.3) is 6.08 Å². The molecule has 0 aliphatic rings. The van der Waals surface area contributed by atoms with Gasteiger partial charge in [0.05, 0.1) is 6.26 Å². The van der Waals surface area contributed by atoms with Gasteiger partial charge < -0.3 is 15.1 Å². The minimum Gasteiger partial charge on any atom is -0.465 e. The summed E-state index contributed by atoms with van der Waals surface area (Å²) in [5.41, 5.74) is 0.505. The van der Waals surface area contributed by atoms with Crippen molar-refractivity contribution >= 4 is 29.5 Å². The quantitative estimate of drug-likeness (QED) is 0.826. The SMILES string of the molecule is CC(C)NC(=O)/C(=C/c1ccco1)NC(=O)c1ccc(Cl)cc1. The molecular formula is C17H17ClN2O3. The van der Waals surface area contributed by atoms with Crippen molar-refractivity contribution in [2.75, 3.05) is 0 Å². The summed E-state index contributed by atoms with van der Waals surface area (Å²) < 4.78 is 5.20. The largest absolute Gasteiger partial charge is 0.465 e. The van der Waals surface area contributed by atoms with E-state index in [1.54, 1.807) is 36.4 Å². The third-order valence-corrected chi connectivity index (χ3v) is 3.10. The van der Waals surface area contributed by atoms with Crippen LogP contribution in [0, 0.1) is 0 Å². The summed E-state index contributed by atoms with van der Waals surface area (Å²) in [5, 5.41) is 5.87. The maximum Gasteiger partial charge on any atom is 0.268 e. The van der Waals surface area contributed by atoms with Gasteiger partial charge in [0.1, 0.15) is 11.5 Å². The topological polar surface area (TPSA) is 71.3 Å². The molecule has 6 heteroatoms. The van der Waals surface area contributed by atoms with Crippen LogP contribution in [0.3, 0.4) is 0 Å². The summed E-state index contributed by atoms with van der Waals surface area (Å²) >= 11 is 5.81. The average molecular weight is 333 g/mol. The van der Waals surface area contributed by atoms with Gasteiger partial charge in [-0.25, -0.2) is 0 Å². The van der Waals surface area contributed by atoms with Gasteiger partial charge in [-0.3, -0.25) is 9.59 Å². The lowest BCUT2D eigenvalue weighted by Crippen LogP contribution is -2.38. The number of carbonyl (C=O) groups excluding carboxylic acids is 2. The number of halogens is 1. The zero-order valence-corrected chi connectivity index (χ0v) is 13.6. The Labute approximate surface area is 139 Å². The maximum atomic E-state index is 12.3. The number of benzene rings is 1. The normalized spacial score (nSPS) is 11.4. The second-order valence-corrected chi connectivity index (χ2v) is 5.60. The van der Waals surface area contributed by atoms with Crippen molar-refractivity contribution in [1.29, 1.82) is 0 Å². The molecule has 0 bridgehead atoms. The van der Waals surface area contributed by atoms with Gasteiger partial charge >= 0.3 is 0 Å². The minimum absolute atomic E-state index is 0.0602. The highest BCUT2D eigenvalue weighted by Gasteiger charge is 2.15. The fraction of sp³-hybridized carbons (Fsp3) is 0.176. The summed E-state index contributed by atoms with van der Waals surface area (Å²) in [6.45, 7) is 3.67. The molecule has 0 unspecified atom stereocenters. The smallest absolute Gasteiger partial charge is 0.268 e. The first kappa shape index (κ1) is 16.8. The monoisotopic (exact) mass is 332 g/mol. The number of nitrogens with one attached hydrogen (secondary N) is 2. The fourth-order valence-electron chi connectivity index (χ4n) is 1.81. The van der Waals surface area contributed by atoms with Crippen LogP contribution in [0.2, 0.25) is 5.02 Å². The lowest BCUT2D eigenvalue weighted by Gasteiger charge is -2.12. The highest BCUT2D eigenvalue weighted by atomic mass is 35.5. The Hall–Kier alpha value is -2.53. The van der Waals surface area contributed by atoms with E-state index in [1.165, 1.54) is 12.3 Å². The molecule has 2 N–H and O–H groups in total. The summed E-state index contributed by atoms with van der Waals surface area (Å²) in [6, 6.07) is 9.73. The van der Waals surface area contributed by atoms with E-state index in [-0.39, 0.29) is 11.7 Å². The maximum absolute atomic E-state index is 12.3. The van der Waals surface area contributed by atoms with Crippen molar-refractivity contribution in [2.24, 2.45) is 0 Å². The van der Waals surface area contributed by atoms with Crippen molar-refractivity contribution in [3.05, 3.63) is 64.7 Å². The summed E-state index contributed by atoms with van der Waals surface area (Å²) in [6.07, 6.45) is 2.97. The molecule has 0 saturated heterocycles. The van der Waals surface area contributed by atoms with E-state index >= 15 is 0 Å². The minimum atomic E-state index is -0.404. The van der Waals surface area contributed by atoms with Crippen LogP contribution >= 0.6 is 11.6 Å². The van der Waals surface area contributed by atoms with Crippen molar-refractivity contribution in [2.45, 2.75) is 19.9 Å². The highest BCUT2D eigenvalue weighted by molar-refractivity contribution is 6.30. The van der Waals surface area contributed by atoms with E-state index < -0.39 is 11.8 Å². The van der Waals surface area contributed by atoms with E-state index in [1.807, 2.05) is 13.8 Å². The molecule has 23 heavy (non-hydrogen) atoms. The summed E-state index contributed by atoms with van der Waals surface area (Å²) in [4.78, 5) is 24.5. The first-order valence-electron chi connectivity index (χ1n) is 7.08. The lowest BCUT2D eigenvalue weighted by molar-refractivity contribution is -0.118. The Morgan fingerprint density at radius 1 is 1.17 bits per heavy atom. The molecule has 2 aromatic rings. The predicted octanol–water partition coefficient (Wildman–Crippen LogP) is 3.23. The molecule has 120 valence electrons. The van der Waals surface area contributed by atoms with E-state index in [0.29, 0.717) is 16.3 Å². The molecule has 0 aliphatic carbocycles. The second-order valence-electron chi connectivity index (χ2n) is 5.16. The van der Waals surface area contributed by atoms with Gasteiger partial charge in [0.25, 0.3) is 11.8 Å². The summed E-state index contributed by atoms with van der Waals surface area (Å²) in [7, 11) is 0. The van der Waals surface area contributed by atoms with E-state index in [4.69, 9.17) is 16.0 Å². The lowest BCUT2D eigenvalue weighted by atomic mass is 10.2. The Kier molecular flexibility index (Phi) is 5.60.